The van der Waals surface area contributed by atoms with Crippen LogP contribution in [0.5, 0.6) is 11.5 Å². The van der Waals surface area contributed by atoms with Gasteiger partial charge in [0.25, 0.3) is 5.22 Å². The number of carbonyl (C=O) groups excluding carboxylic acids is 1. The number of anilines is 1. The van der Waals surface area contributed by atoms with Crippen molar-refractivity contribution in [2.45, 2.75) is 11.6 Å². The van der Waals surface area contributed by atoms with Gasteiger partial charge in [0.05, 0.1) is 32.1 Å². The zero-order valence-corrected chi connectivity index (χ0v) is 15.8. The van der Waals surface area contributed by atoms with Crippen LogP contribution in [0.2, 0.25) is 0 Å². The van der Waals surface area contributed by atoms with E-state index < -0.39 is 0 Å². The molecule has 0 atom stereocenters. The summed E-state index contributed by atoms with van der Waals surface area (Å²) in [5, 5.41) is 11.2. The van der Waals surface area contributed by atoms with Crippen LogP contribution in [0.1, 0.15) is 11.5 Å². The molecule has 0 bridgehead atoms. The van der Waals surface area contributed by atoms with E-state index in [2.05, 4.69) is 15.5 Å². The quantitative estimate of drug-likeness (QED) is 0.595. The van der Waals surface area contributed by atoms with Crippen molar-refractivity contribution < 1.29 is 18.7 Å². The molecule has 27 heavy (non-hydrogen) atoms. The minimum atomic E-state index is -0.181. The van der Waals surface area contributed by atoms with Gasteiger partial charge in [-0.1, -0.05) is 36.0 Å². The summed E-state index contributed by atoms with van der Waals surface area (Å²) in [4.78, 5) is 12.1. The van der Waals surface area contributed by atoms with Crippen molar-refractivity contribution in [3.05, 3.63) is 60.0 Å². The molecule has 7 nitrogen and oxygen atoms in total. The zero-order valence-electron chi connectivity index (χ0n) is 15.0. The third kappa shape index (κ3) is 5.24. The minimum absolute atomic E-state index is 0.155. The summed E-state index contributed by atoms with van der Waals surface area (Å²) in [6, 6.07) is 14.9. The third-order valence-electron chi connectivity index (χ3n) is 3.67. The van der Waals surface area contributed by atoms with Gasteiger partial charge in [-0.3, -0.25) is 4.79 Å². The van der Waals surface area contributed by atoms with E-state index in [1.807, 2.05) is 36.4 Å². The van der Waals surface area contributed by atoms with Gasteiger partial charge in [-0.2, -0.15) is 0 Å². The third-order valence-corrected chi connectivity index (χ3v) is 4.49. The Morgan fingerprint density at radius 1 is 1.07 bits per heavy atom. The number of nitrogens with one attached hydrogen (secondary N) is 1. The maximum absolute atomic E-state index is 12.1. The van der Waals surface area contributed by atoms with Crippen LogP contribution < -0.4 is 14.8 Å². The van der Waals surface area contributed by atoms with Gasteiger partial charge >= 0.3 is 0 Å². The molecule has 2 aromatic carbocycles. The van der Waals surface area contributed by atoms with Gasteiger partial charge in [0.2, 0.25) is 11.8 Å². The van der Waals surface area contributed by atoms with Gasteiger partial charge in [-0.15, -0.1) is 10.2 Å². The summed E-state index contributed by atoms with van der Waals surface area (Å²) in [7, 11) is 3.18. The second kappa shape index (κ2) is 9.09. The van der Waals surface area contributed by atoms with Gasteiger partial charge < -0.3 is 19.2 Å². The second-order valence-electron chi connectivity index (χ2n) is 5.52. The first-order valence-corrected chi connectivity index (χ1v) is 9.17. The Bertz CT molecular complexity index is 896. The van der Waals surface area contributed by atoms with Crippen molar-refractivity contribution in [3.8, 4) is 11.5 Å². The fourth-order valence-electron chi connectivity index (χ4n) is 2.35. The molecule has 0 unspecified atom stereocenters. The van der Waals surface area contributed by atoms with E-state index in [4.69, 9.17) is 13.9 Å². The molecule has 1 amide bonds. The van der Waals surface area contributed by atoms with Crippen LogP contribution in [0.4, 0.5) is 5.69 Å². The molecule has 0 aliphatic carbocycles. The smallest absolute Gasteiger partial charge is 0.277 e. The van der Waals surface area contributed by atoms with Crippen molar-refractivity contribution >= 4 is 23.4 Å². The van der Waals surface area contributed by atoms with Gasteiger partial charge in [-0.05, 0) is 29.8 Å². The molecule has 0 spiro atoms. The largest absolute Gasteiger partial charge is 0.497 e. The van der Waals surface area contributed by atoms with E-state index >= 15 is 0 Å². The van der Waals surface area contributed by atoms with Crippen LogP contribution in [0.15, 0.2) is 58.2 Å². The van der Waals surface area contributed by atoms with Crippen LogP contribution >= 0.6 is 11.8 Å². The maximum atomic E-state index is 12.1. The van der Waals surface area contributed by atoms with Crippen molar-refractivity contribution in [1.29, 1.82) is 0 Å². The predicted octanol–water partition coefficient (Wildman–Crippen LogP) is 3.41. The number of amides is 1. The second-order valence-corrected chi connectivity index (χ2v) is 6.45. The lowest BCUT2D eigenvalue weighted by Crippen LogP contribution is -2.14. The standard InChI is InChI=1S/C19H19N3O4S/c1-24-14-9-7-13(8-10-14)11-18-21-22-19(26-18)27-12-17(23)20-15-5-3-4-6-16(15)25-2/h3-10H,11-12H2,1-2H3,(H,20,23). The van der Waals surface area contributed by atoms with Gasteiger partial charge in [0.1, 0.15) is 11.5 Å². The molecule has 0 saturated carbocycles. The summed E-state index contributed by atoms with van der Waals surface area (Å²) in [6.45, 7) is 0. The average molecular weight is 385 g/mol. The number of thioether (sulfide) groups is 1. The normalized spacial score (nSPS) is 10.4. The highest BCUT2D eigenvalue weighted by Crippen LogP contribution is 2.24. The molecule has 8 heteroatoms. The summed E-state index contributed by atoms with van der Waals surface area (Å²) >= 11 is 1.19. The Hall–Kier alpha value is -3.00. The van der Waals surface area contributed by atoms with Gasteiger partial charge in [0, 0.05) is 0 Å². The summed E-state index contributed by atoms with van der Waals surface area (Å²) < 4.78 is 15.9. The number of nitrogens with zero attached hydrogens (tertiary/aromatic N) is 2. The van der Waals surface area contributed by atoms with Crippen LogP contribution in [-0.2, 0) is 11.2 Å². The van der Waals surface area contributed by atoms with Crippen molar-refractivity contribution in [2.24, 2.45) is 0 Å². The average Bonchev–Trinajstić information content (AvgIpc) is 3.15. The molecule has 140 valence electrons. The monoisotopic (exact) mass is 385 g/mol. The lowest BCUT2D eigenvalue weighted by atomic mass is 10.1. The fraction of sp³-hybridized carbons (Fsp3) is 0.211. The lowest BCUT2D eigenvalue weighted by Gasteiger charge is -2.08. The van der Waals surface area contributed by atoms with E-state index in [-0.39, 0.29) is 11.7 Å². The van der Waals surface area contributed by atoms with E-state index in [1.165, 1.54) is 11.8 Å². The van der Waals surface area contributed by atoms with E-state index in [9.17, 15) is 4.79 Å². The number of hydrogen-bond donors (Lipinski definition) is 1. The lowest BCUT2D eigenvalue weighted by molar-refractivity contribution is -0.113. The van der Waals surface area contributed by atoms with E-state index in [0.717, 1.165) is 11.3 Å². The molecule has 0 aliphatic heterocycles. The number of carbonyl (C=O) groups is 1. The number of hydrogen-bond acceptors (Lipinski definition) is 7. The minimum Gasteiger partial charge on any atom is -0.497 e. The first-order chi connectivity index (χ1) is 13.2. The Morgan fingerprint density at radius 2 is 1.85 bits per heavy atom. The van der Waals surface area contributed by atoms with E-state index in [1.54, 1.807) is 26.4 Å². The zero-order chi connectivity index (χ0) is 19.1. The molecule has 1 aromatic heterocycles. The first-order valence-electron chi connectivity index (χ1n) is 8.19. The van der Waals surface area contributed by atoms with Crippen LogP contribution in [-0.4, -0.2) is 36.1 Å². The molecular weight excluding hydrogens is 366 g/mol. The molecule has 3 rings (SSSR count). The van der Waals surface area contributed by atoms with E-state index in [0.29, 0.717) is 29.0 Å². The topological polar surface area (TPSA) is 86.5 Å². The Labute approximate surface area is 161 Å². The molecule has 0 aliphatic rings. The Kier molecular flexibility index (Phi) is 6.32. The van der Waals surface area contributed by atoms with Gasteiger partial charge in [0.15, 0.2) is 0 Å². The SMILES string of the molecule is COc1ccc(Cc2nnc(SCC(=O)Nc3ccccc3OC)o2)cc1. The number of benzene rings is 2. The van der Waals surface area contributed by atoms with Crippen molar-refractivity contribution in [1.82, 2.24) is 10.2 Å². The molecule has 0 saturated heterocycles. The Morgan fingerprint density at radius 3 is 2.59 bits per heavy atom. The van der Waals surface area contributed by atoms with Gasteiger partial charge in [-0.25, -0.2) is 0 Å². The predicted molar refractivity (Wildman–Crippen MR) is 102 cm³/mol. The van der Waals surface area contributed by atoms with Crippen molar-refractivity contribution in [2.75, 3.05) is 25.3 Å². The highest BCUT2D eigenvalue weighted by molar-refractivity contribution is 7.99. The number of methoxy groups -OCH3 is 2. The molecule has 1 heterocycles. The summed E-state index contributed by atoms with van der Waals surface area (Å²) in [6.07, 6.45) is 0.519. The van der Waals surface area contributed by atoms with Crippen molar-refractivity contribution in [3.63, 3.8) is 0 Å². The highest BCUT2D eigenvalue weighted by Gasteiger charge is 2.12. The fourth-order valence-corrected chi connectivity index (χ4v) is 2.93. The maximum Gasteiger partial charge on any atom is 0.277 e. The number of rotatable bonds is 8. The Balaban J connectivity index is 1.52. The number of para-hydroxylation sites is 2. The molecule has 3 aromatic rings. The number of ether oxygens (including phenoxy) is 2. The van der Waals surface area contributed by atoms with Crippen LogP contribution in [0, 0.1) is 0 Å². The van der Waals surface area contributed by atoms with Crippen LogP contribution in [0.3, 0.4) is 0 Å². The molecule has 0 fully saturated rings. The molecule has 0 radical (unpaired) electrons. The molecule has 1 N–H and O–H groups in total. The number of aromatic nitrogens is 2. The summed E-state index contributed by atoms with van der Waals surface area (Å²) in [5.41, 5.74) is 1.65. The highest BCUT2D eigenvalue weighted by atomic mass is 32.2. The first kappa shape index (κ1) is 18.8. The van der Waals surface area contributed by atoms with Crippen LogP contribution in [0.25, 0.3) is 0 Å². The summed E-state index contributed by atoms with van der Waals surface area (Å²) in [5.74, 6) is 1.87. The molecular formula is C19H19N3O4S.